The largest absolute Gasteiger partial charge is 0.492 e. The minimum atomic E-state index is -0.871. The van der Waals surface area contributed by atoms with Crippen molar-refractivity contribution < 1.29 is 19.1 Å². The van der Waals surface area contributed by atoms with E-state index < -0.39 is 6.04 Å². The second kappa shape index (κ2) is 12.9. The van der Waals surface area contributed by atoms with Crippen molar-refractivity contribution >= 4 is 34.4 Å². The van der Waals surface area contributed by atoms with Crippen LogP contribution in [0.4, 0.5) is 10.5 Å². The number of carbonyl (C=O) groups excluding carboxylic acids is 3. The second-order valence-electron chi connectivity index (χ2n) is 10.5. The highest BCUT2D eigenvalue weighted by molar-refractivity contribution is 5.99. The molecule has 3 aromatic rings. The van der Waals surface area contributed by atoms with Crippen molar-refractivity contribution in [1.82, 2.24) is 25.0 Å². The molecule has 1 aliphatic heterocycles. The van der Waals surface area contributed by atoms with Gasteiger partial charge in [0.2, 0.25) is 11.8 Å². The number of ether oxygens (including phenoxy) is 1. The summed E-state index contributed by atoms with van der Waals surface area (Å²) < 4.78 is 5.81. The summed E-state index contributed by atoms with van der Waals surface area (Å²) in [6.45, 7) is 8.27. The second-order valence-corrected chi connectivity index (χ2v) is 10.5. The molecule has 4 rings (SSSR count). The molecule has 0 aliphatic carbocycles. The zero-order valence-corrected chi connectivity index (χ0v) is 24.0. The van der Waals surface area contributed by atoms with Crippen LogP contribution in [0.1, 0.15) is 37.8 Å². The van der Waals surface area contributed by atoms with E-state index in [1.165, 1.54) is 6.92 Å². The summed E-state index contributed by atoms with van der Waals surface area (Å²) in [6, 6.07) is 12.5. The van der Waals surface area contributed by atoms with E-state index in [1.54, 1.807) is 9.80 Å². The molecular formula is C30H40N6O4. The van der Waals surface area contributed by atoms with Gasteiger partial charge in [-0.05, 0) is 50.3 Å². The maximum Gasteiger partial charge on any atom is 0.318 e. The molecule has 10 nitrogen and oxygen atoms in total. The van der Waals surface area contributed by atoms with E-state index in [2.05, 4.69) is 20.5 Å². The molecule has 0 unspecified atom stereocenters. The molecule has 10 heteroatoms. The molecule has 4 amide bonds. The van der Waals surface area contributed by atoms with Crippen LogP contribution in [0.25, 0.3) is 10.9 Å². The van der Waals surface area contributed by atoms with Gasteiger partial charge in [0.25, 0.3) is 0 Å². The molecule has 0 radical (unpaired) electrons. The molecule has 2 heterocycles. The number of fused-ring (bicyclic) bond motifs is 1. The molecule has 3 N–H and O–H groups in total. The van der Waals surface area contributed by atoms with Crippen molar-refractivity contribution in [3.8, 4) is 5.75 Å². The third-order valence-corrected chi connectivity index (χ3v) is 7.29. The molecule has 0 spiro atoms. The summed E-state index contributed by atoms with van der Waals surface area (Å²) in [5, 5.41) is 7.06. The number of aromatic amines is 1. The molecule has 2 atom stereocenters. The maximum absolute atomic E-state index is 14.0. The molecule has 0 bridgehead atoms. The van der Waals surface area contributed by atoms with Crippen molar-refractivity contribution in [3.05, 3.63) is 59.8 Å². The van der Waals surface area contributed by atoms with Crippen LogP contribution in [0.2, 0.25) is 0 Å². The van der Waals surface area contributed by atoms with Gasteiger partial charge >= 0.3 is 6.03 Å². The zero-order chi connectivity index (χ0) is 28.8. The molecular weight excluding hydrogens is 508 g/mol. The van der Waals surface area contributed by atoms with Crippen molar-refractivity contribution in [1.29, 1.82) is 0 Å². The highest BCUT2D eigenvalue weighted by Gasteiger charge is 2.32. The zero-order valence-electron chi connectivity index (χ0n) is 24.0. The predicted octanol–water partition coefficient (Wildman–Crippen LogP) is 3.61. The van der Waals surface area contributed by atoms with E-state index in [9.17, 15) is 14.4 Å². The number of rotatable bonds is 9. The number of amides is 4. The van der Waals surface area contributed by atoms with Crippen LogP contribution in [0, 0.1) is 0 Å². The summed E-state index contributed by atoms with van der Waals surface area (Å²) in [6.07, 6.45) is 1.90. The number of hydrogen-bond acceptors (Lipinski definition) is 5. The molecule has 0 saturated carbocycles. The van der Waals surface area contributed by atoms with Gasteiger partial charge < -0.3 is 35.1 Å². The van der Waals surface area contributed by atoms with E-state index in [0.717, 1.165) is 22.0 Å². The predicted molar refractivity (Wildman–Crippen MR) is 156 cm³/mol. The van der Waals surface area contributed by atoms with Crippen LogP contribution in [-0.4, -0.2) is 90.5 Å². The van der Waals surface area contributed by atoms with Gasteiger partial charge in [-0.1, -0.05) is 31.2 Å². The average molecular weight is 549 g/mol. The average Bonchev–Trinajstić information content (AvgIpc) is 3.36. The lowest BCUT2D eigenvalue weighted by atomic mass is 9.92. The highest BCUT2D eigenvalue weighted by Crippen LogP contribution is 2.31. The molecule has 1 saturated heterocycles. The Hall–Kier alpha value is -4.05. The number of piperazine rings is 1. The van der Waals surface area contributed by atoms with E-state index in [4.69, 9.17) is 4.74 Å². The van der Waals surface area contributed by atoms with Crippen LogP contribution >= 0.6 is 0 Å². The topological polar surface area (TPSA) is 110 Å². The molecule has 1 aliphatic rings. The fourth-order valence-corrected chi connectivity index (χ4v) is 5.15. The third kappa shape index (κ3) is 6.74. The molecule has 2 aromatic carbocycles. The van der Waals surface area contributed by atoms with Gasteiger partial charge in [-0.15, -0.1) is 0 Å². The Balaban J connectivity index is 1.62. The number of hydrogen-bond donors (Lipinski definition) is 3. The summed E-state index contributed by atoms with van der Waals surface area (Å²) in [4.78, 5) is 47.8. The van der Waals surface area contributed by atoms with Crippen LogP contribution in [0.15, 0.2) is 48.7 Å². The SMILES string of the molecule is CCOc1ccc(CN(C)C)cc1NC(=O)[C@H](NC(=O)N1CCN(C(C)=O)CC1)[C@H](C)c1c[nH]c2ccccc12. The van der Waals surface area contributed by atoms with Crippen molar-refractivity contribution in [2.75, 3.05) is 52.2 Å². The molecule has 1 aromatic heterocycles. The molecule has 40 heavy (non-hydrogen) atoms. The van der Waals surface area contributed by atoms with Gasteiger partial charge in [0.05, 0.1) is 12.3 Å². The standard InChI is InChI=1S/C30H40N6O4/c1-6-40-27-12-11-22(19-34(4)5)17-26(27)32-29(38)28(20(2)24-18-31-25-10-8-7-9-23(24)25)33-30(39)36-15-13-35(14-16-36)21(3)37/h7-12,17-18,20,28,31H,6,13-16,19H2,1-5H3,(H,32,38)(H,33,39)/t20-,28-/m1/s1. The first-order chi connectivity index (χ1) is 19.2. The lowest BCUT2D eigenvalue weighted by Crippen LogP contribution is -2.56. The fraction of sp³-hybridized carbons (Fsp3) is 0.433. The van der Waals surface area contributed by atoms with Gasteiger partial charge in [-0.2, -0.15) is 0 Å². The minimum Gasteiger partial charge on any atom is -0.492 e. The van der Waals surface area contributed by atoms with Crippen molar-refractivity contribution in [2.24, 2.45) is 0 Å². The Morgan fingerprint density at radius 3 is 2.42 bits per heavy atom. The van der Waals surface area contributed by atoms with Crippen LogP contribution in [-0.2, 0) is 16.1 Å². The molecule has 1 fully saturated rings. The van der Waals surface area contributed by atoms with Gasteiger partial charge in [-0.3, -0.25) is 9.59 Å². The number of carbonyl (C=O) groups is 3. The van der Waals surface area contributed by atoms with Crippen molar-refractivity contribution in [3.63, 3.8) is 0 Å². The number of anilines is 1. The number of nitrogens with zero attached hydrogens (tertiary/aromatic N) is 3. The summed E-state index contributed by atoms with van der Waals surface area (Å²) in [7, 11) is 3.97. The van der Waals surface area contributed by atoms with E-state index in [1.807, 2.05) is 76.6 Å². The summed E-state index contributed by atoms with van der Waals surface area (Å²) in [5.41, 5.74) is 3.48. The number of aromatic nitrogens is 1. The van der Waals surface area contributed by atoms with Crippen LogP contribution in [0.3, 0.4) is 0 Å². The minimum absolute atomic E-state index is 0.00753. The third-order valence-electron chi connectivity index (χ3n) is 7.29. The van der Waals surface area contributed by atoms with Crippen LogP contribution < -0.4 is 15.4 Å². The lowest BCUT2D eigenvalue weighted by molar-refractivity contribution is -0.130. The maximum atomic E-state index is 14.0. The quantitative estimate of drug-likeness (QED) is 0.379. The lowest BCUT2D eigenvalue weighted by Gasteiger charge is -2.35. The van der Waals surface area contributed by atoms with Gasteiger partial charge in [0, 0.05) is 62.7 Å². The summed E-state index contributed by atoms with van der Waals surface area (Å²) >= 11 is 0. The first-order valence-corrected chi connectivity index (χ1v) is 13.8. The van der Waals surface area contributed by atoms with Crippen LogP contribution in [0.5, 0.6) is 5.75 Å². The normalized spacial score (nSPS) is 15.2. The Labute approximate surface area is 235 Å². The van der Waals surface area contributed by atoms with Crippen molar-refractivity contribution in [2.45, 2.75) is 39.3 Å². The van der Waals surface area contributed by atoms with Gasteiger partial charge in [0.1, 0.15) is 11.8 Å². The molecule has 214 valence electrons. The smallest absolute Gasteiger partial charge is 0.318 e. The Morgan fingerprint density at radius 1 is 1.05 bits per heavy atom. The van der Waals surface area contributed by atoms with E-state index in [0.29, 0.717) is 50.8 Å². The Morgan fingerprint density at radius 2 is 1.75 bits per heavy atom. The number of urea groups is 1. The number of nitrogens with one attached hydrogen (secondary N) is 3. The Bertz CT molecular complexity index is 1340. The number of benzene rings is 2. The number of para-hydroxylation sites is 1. The first kappa shape index (κ1) is 28.9. The van der Waals surface area contributed by atoms with E-state index >= 15 is 0 Å². The fourth-order valence-electron chi connectivity index (χ4n) is 5.15. The first-order valence-electron chi connectivity index (χ1n) is 13.8. The van der Waals surface area contributed by atoms with Gasteiger partial charge in [0.15, 0.2) is 0 Å². The summed E-state index contributed by atoms with van der Waals surface area (Å²) in [5.74, 6) is -0.119. The van der Waals surface area contributed by atoms with E-state index in [-0.39, 0.29) is 23.8 Å². The number of H-pyrrole nitrogens is 1. The Kier molecular flexibility index (Phi) is 9.31. The highest BCUT2D eigenvalue weighted by atomic mass is 16.5. The van der Waals surface area contributed by atoms with Gasteiger partial charge in [-0.25, -0.2) is 4.79 Å². The monoisotopic (exact) mass is 548 g/mol.